The molecule has 0 heterocycles. The van der Waals surface area contributed by atoms with Crippen LogP contribution in [0.15, 0.2) is 48.5 Å². The Bertz CT molecular complexity index is 539. The van der Waals surface area contributed by atoms with Crippen LogP contribution in [0.2, 0.25) is 0 Å². The third-order valence-corrected chi connectivity index (χ3v) is 4.15. The van der Waals surface area contributed by atoms with Gasteiger partial charge in [-0.3, -0.25) is 0 Å². The van der Waals surface area contributed by atoms with Gasteiger partial charge >= 0.3 is 0 Å². The van der Waals surface area contributed by atoms with Gasteiger partial charge in [-0.25, -0.2) is 0 Å². The molecule has 1 unspecified atom stereocenters. The molecular weight excluding hydrogens is 361 g/mol. The highest BCUT2D eigenvalue weighted by Gasteiger charge is 2.09. The molecular formula is C17H20INO. The molecule has 1 atom stereocenters. The number of rotatable bonds is 6. The summed E-state index contributed by atoms with van der Waals surface area (Å²) < 4.78 is 6.54. The van der Waals surface area contributed by atoms with Gasteiger partial charge in [0.25, 0.3) is 0 Å². The van der Waals surface area contributed by atoms with Crippen LogP contribution in [0.25, 0.3) is 0 Å². The first kappa shape index (κ1) is 15.3. The van der Waals surface area contributed by atoms with Crippen LogP contribution in [-0.4, -0.2) is 13.7 Å². The molecule has 0 bridgehead atoms. The molecule has 0 aliphatic heterocycles. The number of nitrogens with two attached hydrogens (primary N) is 1. The van der Waals surface area contributed by atoms with Gasteiger partial charge in [-0.1, -0.05) is 24.3 Å². The predicted molar refractivity (Wildman–Crippen MR) is 92.1 cm³/mol. The van der Waals surface area contributed by atoms with E-state index in [2.05, 4.69) is 59.0 Å². The van der Waals surface area contributed by atoms with Gasteiger partial charge in [0.15, 0.2) is 0 Å². The number of methoxy groups -OCH3 is 1. The average Bonchev–Trinajstić information content (AvgIpc) is 2.49. The summed E-state index contributed by atoms with van der Waals surface area (Å²) in [6.45, 7) is 0.698. The van der Waals surface area contributed by atoms with Gasteiger partial charge in [0.2, 0.25) is 0 Å². The summed E-state index contributed by atoms with van der Waals surface area (Å²) in [7, 11) is 1.70. The van der Waals surface area contributed by atoms with Crippen LogP contribution in [-0.2, 0) is 12.8 Å². The van der Waals surface area contributed by atoms with Crippen molar-refractivity contribution >= 4 is 22.6 Å². The van der Waals surface area contributed by atoms with Crippen molar-refractivity contribution < 1.29 is 4.74 Å². The molecule has 2 aromatic rings. The molecule has 0 aromatic heterocycles. The van der Waals surface area contributed by atoms with Crippen molar-refractivity contribution in [2.24, 2.45) is 11.7 Å². The van der Waals surface area contributed by atoms with E-state index >= 15 is 0 Å². The number of hydrogen-bond donors (Lipinski definition) is 1. The Morgan fingerprint density at radius 3 is 2.40 bits per heavy atom. The molecule has 0 aliphatic rings. The van der Waals surface area contributed by atoms with E-state index < -0.39 is 0 Å². The third kappa shape index (κ3) is 4.49. The topological polar surface area (TPSA) is 35.2 Å². The second kappa shape index (κ2) is 7.64. The first-order chi connectivity index (χ1) is 9.71. The molecule has 3 heteroatoms. The van der Waals surface area contributed by atoms with E-state index in [1.807, 2.05) is 12.1 Å². The molecule has 0 amide bonds. The maximum atomic E-state index is 5.94. The quantitative estimate of drug-likeness (QED) is 0.776. The van der Waals surface area contributed by atoms with Crippen molar-refractivity contribution in [3.8, 4) is 5.75 Å². The van der Waals surface area contributed by atoms with Crippen molar-refractivity contribution in [2.75, 3.05) is 13.7 Å². The Balaban J connectivity index is 2.02. The van der Waals surface area contributed by atoms with E-state index in [1.165, 1.54) is 14.7 Å². The van der Waals surface area contributed by atoms with Crippen molar-refractivity contribution in [3.63, 3.8) is 0 Å². The number of halogens is 1. The van der Waals surface area contributed by atoms with Crippen LogP contribution in [0.4, 0.5) is 0 Å². The first-order valence-electron chi connectivity index (χ1n) is 6.78. The van der Waals surface area contributed by atoms with Gasteiger partial charge in [-0.15, -0.1) is 0 Å². The van der Waals surface area contributed by atoms with Gasteiger partial charge < -0.3 is 10.5 Å². The van der Waals surface area contributed by atoms with Crippen molar-refractivity contribution in [3.05, 3.63) is 63.2 Å². The van der Waals surface area contributed by atoms with Crippen molar-refractivity contribution in [1.29, 1.82) is 0 Å². The van der Waals surface area contributed by atoms with Crippen molar-refractivity contribution in [2.45, 2.75) is 12.8 Å². The summed E-state index contributed by atoms with van der Waals surface area (Å²) >= 11 is 2.33. The summed E-state index contributed by atoms with van der Waals surface area (Å²) in [5, 5.41) is 0. The summed E-state index contributed by atoms with van der Waals surface area (Å²) in [6, 6.07) is 16.9. The smallest absolute Gasteiger partial charge is 0.119 e. The van der Waals surface area contributed by atoms with Gasteiger partial charge in [-0.2, -0.15) is 0 Å². The van der Waals surface area contributed by atoms with Crippen LogP contribution in [0.3, 0.4) is 0 Å². The lowest BCUT2D eigenvalue weighted by atomic mass is 9.92. The summed E-state index contributed by atoms with van der Waals surface area (Å²) in [4.78, 5) is 0. The lowest BCUT2D eigenvalue weighted by Crippen LogP contribution is -2.19. The van der Waals surface area contributed by atoms with Crippen LogP contribution in [0.5, 0.6) is 5.75 Å². The number of ether oxygens (including phenoxy) is 1. The minimum atomic E-state index is 0.460. The minimum Gasteiger partial charge on any atom is -0.497 e. The van der Waals surface area contributed by atoms with E-state index in [0.717, 1.165) is 18.6 Å². The molecule has 2 N–H and O–H groups in total. The zero-order chi connectivity index (χ0) is 14.4. The Kier molecular flexibility index (Phi) is 5.86. The average molecular weight is 381 g/mol. The molecule has 0 saturated heterocycles. The first-order valence-corrected chi connectivity index (χ1v) is 7.86. The van der Waals surface area contributed by atoms with E-state index in [-0.39, 0.29) is 0 Å². The molecule has 2 aromatic carbocycles. The second-order valence-corrected chi connectivity index (χ2v) is 6.23. The summed E-state index contributed by atoms with van der Waals surface area (Å²) in [6.07, 6.45) is 2.00. The zero-order valence-electron chi connectivity index (χ0n) is 11.7. The molecule has 2 rings (SSSR count). The van der Waals surface area contributed by atoms with Crippen LogP contribution in [0, 0.1) is 9.49 Å². The van der Waals surface area contributed by atoms with Gasteiger partial charge in [0.05, 0.1) is 7.11 Å². The number of hydrogen-bond acceptors (Lipinski definition) is 2. The summed E-state index contributed by atoms with van der Waals surface area (Å²) in [5.74, 6) is 1.37. The van der Waals surface area contributed by atoms with E-state index in [4.69, 9.17) is 10.5 Å². The largest absolute Gasteiger partial charge is 0.497 e. The standard InChI is InChI=1S/C17H20INO/c1-20-17-4-2-3-14(11-17)10-15(12-19)9-13-5-7-16(18)8-6-13/h2-8,11,15H,9-10,12,19H2,1H3. The summed E-state index contributed by atoms with van der Waals surface area (Å²) in [5.41, 5.74) is 8.57. The Labute approximate surface area is 134 Å². The maximum absolute atomic E-state index is 5.94. The molecule has 0 spiro atoms. The lowest BCUT2D eigenvalue weighted by Gasteiger charge is -2.15. The lowest BCUT2D eigenvalue weighted by molar-refractivity contribution is 0.413. The third-order valence-electron chi connectivity index (χ3n) is 3.43. The highest BCUT2D eigenvalue weighted by molar-refractivity contribution is 14.1. The van der Waals surface area contributed by atoms with Crippen LogP contribution in [0.1, 0.15) is 11.1 Å². The normalized spacial score (nSPS) is 12.2. The SMILES string of the molecule is COc1cccc(CC(CN)Cc2ccc(I)cc2)c1. The van der Waals surface area contributed by atoms with E-state index in [9.17, 15) is 0 Å². The number of benzene rings is 2. The molecule has 0 radical (unpaired) electrons. The molecule has 20 heavy (non-hydrogen) atoms. The fraction of sp³-hybridized carbons (Fsp3) is 0.294. The Hall–Kier alpha value is -1.07. The zero-order valence-corrected chi connectivity index (χ0v) is 13.8. The fourth-order valence-corrected chi connectivity index (χ4v) is 2.69. The predicted octanol–water partition coefficient (Wildman–Crippen LogP) is 3.66. The van der Waals surface area contributed by atoms with Crippen LogP contribution < -0.4 is 10.5 Å². The van der Waals surface area contributed by atoms with E-state index in [0.29, 0.717) is 12.5 Å². The fourth-order valence-electron chi connectivity index (χ4n) is 2.33. The highest BCUT2D eigenvalue weighted by Crippen LogP contribution is 2.18. The Morgan fingerprint density at radius 1 is 1.05 bits per heavy atom. The van der Waals surface area contributed by atoms with Gasteiger partial charge in [0, 0.05) is 3.57 Å². The molecule has 0 aliphatic carbocycles. The monoisotopic (exact) mass is 381 g/mol. The molecule has 0 fully saturated rings. The Morgan fingerprint density at radius 2 is 1.75 bits per heavy atom. The second-order valence-electron chi connectivity index (χ2n) is 4.99. The minimum absolute atomic E-state index is 0.460. The van der Waals surface area contributed by atoms with E-state index in [1.54, 1.807) is 7.11 Å². The van der Waals surface area contributed by atoms with Crippen molar-refractivity contribution in [1.82, 2.24) is 0 Å². The molecule has 2 nitrogen and oxygen atoms in total. The maximum Gasteiger partial charge on any atom is 0.119 e. The molecule has 0 saturated carbocycles. The van der Waals surface area contributed by atoms with Crippen LogP contribution >= 0.6 is 22.6 Å². The molecule has 106 valence electrons. The van der Waals surface area contributed by atoms with Gasteiger partial charge in [0.1, 0.15) is 5.75 Å². The van der Waals surface area contributed by atoms with Gasteiger partial charge in [-0.05, 0) is 83.3 Å². The highest BCUT2D eigenvalue weighted by atomic mass is 127.